The predicted octanol–water partition coefficient (Wildman–Crippen LogP) is 1.83. The van der Waals surface area contributed by atoms with Crippen LogP contribution in [0.1, 0.15) is 23.2 Å². The van der Waals surface area contributed by atoms with Crippen molar-refractivity contribution >= 4 is 29.3 Å². The third-order valence-electron chi connectivity index (χ3n) is 3.60. The van der Waals surface area contributed by atoms with E-state index in [0.717, 1.165) is 31.6 Å². The molecule has 1 fully saturated rings. The number of benzene rings is 1. The highest BCUT2D eigenvalue weighted by molar-refractivity contribution is 8.00. The number of nitrogens with zero attached hydrogens (tertiary/aromatic N) is 1. The lowest BCUT2D eigenvalue weighted by Crippen LogP contribution is -2.32. The molecule has 1 aromatic carbocycles. The van der Waals surface area contributed by atoms with E-state index in [0.29, 0.717) is 11.0 Å². The number of piperidine rings is 1. The zero-order valence-corrected chi connectivity index (χ0v) is 12.9. The summed E-state index contributed by atoms with van der Waals surface area (Å²) in [6, 6.07) is 6.36. The van der Waals surface area contributed by atoms with Crippen molar-refractivity contribution in [3.05, 3.63) is 29.8 Å². The smallest absolute Gasteiger partial charge is 0.335 e. The molecule has 1 saturated heterocycles. The number of rotatable bonds is 5. The van der Waals surface area contributed by atoms with E-state index in [-0.39, 0.29) is 11.5 Å². The number of aromatic carboxylic acids is 1. The first-order valence-corrected chi connectivity index (χ1v) is 8.05. The summed E-state index contributed by atoms with van der Waals surface area (Å²) in [7, 11) is 1.72. The Kier molecular flexibility index (Phi) is 5.64. The van der Waals surface area contributed by atoms with Gasteiger partial charge >= 0.3 is 5.97 Å². The van der Waals surface area contributed by atoms with Gasteiger partial charge in [0.05, 0.1) is 11.3 Å². The third-order valence-corrected chi connectivity index (χ3v) is 4.96. The van der Waals surface area contributed by atoms with Crippen molar-refractivity contribution in [1.29, 1.82) is 0 Å². The molecule has 0 radical (unpaired) electrons. The van der Waals surface area contributed by atoms with Crippen molar-refractivity contribution in [2.45, 2.75) is 18.1 Å². The summed E-state index contributed by atoms with van der Waals surface area (Å²) in [4.78, 5) is 24.6. The van der Waals surface area contributed by atoms with E-state index in [1.54, 1.807) is 35.8 Å². The molecule has 1 aliphatic heterocycles. The zero-order valence-electron chi connectivity index (χ0n) is 12.0. The molecular formula is C15H20N2O3S. The van der Waals surface area contributed by atoms with Gasteiger partial charge in [-0.1, -0.05) is 0 Å². The molecule has 2 N–H and O–H groups in total. The summed E-state index contributed by atoms with van der Waals surface area (Å²) < 4.78 is 0. The molecule has 1 aromatic rings. The van der Waals surface area contributed by atoms with Crippen molar-refractivity contribution in [3.63, 3.8) is 0 Å². The number of carbonyl (C=O) groups is 2. The van der Waals surface area contributed by atoms with Crippen molar-refractivity contribution in [1.82, 2.24) is 5.32 Å². The monoisotopic (exact) mass is 308 g/mol. The second kappa shape index (κ2) is 7.47. The van der Waals surface area contributed by atoms with Gasteiger partial charge < -0.3 is 15.3 Å². The standard InChI is InChI=1S/C15H20N2O3S/c1-17(12-4-2-11(3-5-12)15(19)20)14(18)10-21-13-6-8-16-9-7-13/h2-5,13,16H,6-10H2,1H3,(H,19,20). The highest BCUT2D eigenvalue weighted by Gasteiger charge is 2.17. The van der Waals surface area contributed by atoms with E-state index in [2.05, 4.69) is 5.32 Å². The molecule has 0 bridgehead atoms. The van der Waals surface area contributed by atoms with Gasteiger partial charge in [0, 0.05) is 18.0 Å². The molecule has 0 unspecified atom stereocenters. The molecule has 0 spiro atoms. The summed E-state index contributed by atoms with van der Waals surface area (Å²) >= 11 is 1.71. The number of anilines is 1. The van der Waals surface area contributed by atoms with Crippen LogP contribution in [0.15, 0.2) is 24.3 Å². The zero-order chi connectivity index (χ0) is 15.2. The first kappa shape index (κ1) is 15.9. The highest BCUT2D eigenvalue weighted by atomic mass is 32.2. The van der Waals surface area contributed by atoms with Gasteiger partial charge in [0.25, 0.3) is 0 Å². The van der Waals surface area contributed by atoms with Gasteiger partial charge in [0.2, 0.25) is 5.91 Å². The SMILES string of the molecule is CN(C(=O)CSC1CCNCC1)c1ccc(C(=O)O)cc1. The quantitative estimate of drug-likeness (QED) is 0.868. The number of hydrogen-bond acceptors (Lipinski definition) is 4. The lowest BCUT2D eigenvalue weighted by atomic mass is 10.2. The minimum Gasteiger partial charge on any atom is -0.478 e. The van der Waals surface area contributed by atoms with Crippen LogP contribution in [0.2, 0.25) is 0 Å². The Morgan fingerprint density at radius 2 is 1.90 bits per heavy atom. The Morgan fingerprint density at radius 3 is 2.48 bits per heavy atom. The third kappa shape index (κ3) is 4.47. The Balaban J connectivity index is 1.87. The Hall–Kier alpha value is -1.53. The second-order valence-electron chi connectivity index (χ2n) is 5.07. The summed E-state index contributed by atoms with van der Waals surface area (Å²) in [5.41, 5.74) is 0.944. The molecule has 1 aliphatic rings. The molecule has 2 rings (SSSR count). The summed E-state index contributed by atoms with van der Waals surface area (Å²) in [6.07, 6.45) is 2.21. The van der Waals surface area contributed by atoms with Crippen LogP contribution in [0.3, 0.4) is 0 Å². The number of carbonyl (C=O) groups excluding carboxylic acids is 1. The van der Waals surface area contributed by atoms with Crippen LogP contribution in [-0.4, -0.2) is 48.1 Å². The lowest BCUT2D eigenvalue weighted by Gasteiger charge is -2.23. The number of amides is 1. The molecule has 5 nitrogen and oxygen atoms in total. The molecule has 0 atom stereocenters. The van der Waals surface area contributed by atoms with E-state index in [9.17, 15) is 9.59 Å². The Labute approximate surface area is 128 Å². The fraction of sp³-hybridized carbons (Fsp3) is 0.467. The predicted molar refractivity (Wildman–Crippen MR) is 85.2 cm³/mol. The van der Waals surface area contributed by atoms with Gasteiger partial charge in [0.15, 0.2) is 0 Å². The number of thioether (sulfide) groups is 1. The fourth-order valence-electron chi connectivity index (χ4n) is 2.22. The maximum atomic E-state index is 12.2. The van der Waals surface area contributed by atoms with Gasteiger partial charge in [-0.2, -0.15) is 0 Å². The normalized spacial score (nSPS) is 15.7. The van der Waals surface area contributed by atoms with Crippen molar-refractivity contribution in [2.75, 3.05) is 30.8 Å². The van der Waals surface area contributed by atoms with Gasteiger partial charge in [-0.3, -0.25) is 4.79 Å². The number of hydrogen-bond donors (Lipinski definition) is 2. The second-order valence-corrected chi connectivity index (χ2v) is 6.35. The minimum absolute atomic E-state index is 0.0432. The summed E-state index contributed by atoms with van der Waals surface area (Å²) in [6.45, 7) is 2.05. The Bertz CT molecular complexity index is 498. The van der Waals surface area contributed by atoms with Crippen LogP contribution in [-0.2, 0) is 4.79 Å². The molecule has 1 heterocycles. The van der Waals surface area contributed by atoms with Crippen LogP contribution in [0, 0.1) is 0 Å². The summed E-state index contributed by atoms with van der Waals surface area (Å²) in [5.74, 6) is -0.458. The van der Waals surface area contributed by atoms with E-state index < -0.39 is 5.97 Å². The number of carboxylic acids is 1. The Morgan fingerprint density at radius 1 is 1.29 bits per heavy atom. The maximum Gasteiger partial charge on any atom is 0.335 e. The molecule has 0 aliphatic carbocycles. The first-order chi connectivity index (χ1) is 10.1. The van der Waals surface area contributed by atoms with Crippen LogP contribution in [0.5, 0.6) is 0 Å². The summed E-state index contributed by atoms with van der Waals surface area (Å²) in [5, 5.41) is 12.7. The fourth-order valence-corrected chi connectivity index (χ4v) is 3.36. The van der Waals surface area contributed by atoms with Crippen molar-refractivity contribution in [3.8, 4) is 0 Å². The lowest BCUT2D eigenvalue weighted by molar-refractivity contribution is -0.115. The maximum absolute atomic E-state index is 12.2. The molecular weight excluding hydrogens is 288 g/mol. The number of carboxylic acid groups (broad SMARTS) is 1. The number of nitrogens with one attached hydrogen (secondary N) is 1. The largest absolute Gasteiger partial charge is 0.478 e. The van der Waals surface area contributed by atoms with Gasteiger partial charge in [-0.05, 0) is 50.2 Å². The van der Waals surface area contributed by atoms with Crippen LogP contribution >= 0.6 is 11.8 Å². The van der Waals surface area contributed by atoms with E-state index in [1.165, 1.54) is 12.1 Å². The highest BCUT2D eigenvalue weighted by Crippen LogP contribution is 2.22. The van der Waals surface area contributed by atoms with Crippen molar-refractivity contribution in [2.24, 2.45) is 0 Å². The minimum atomic E-state index is -0.961. The van der Waals surface area contributed by atoms with Gasteiger partial charge in [-0.15, -0.1) is 11.8 Å². The van der Waals surface area contributed by atoms with Crippen LogP contribution in [0.25, 0.3) is 0 Å². The van der Waals surface area contributed by atoms with E-state index in [4.69, 9.17) is 5.11 Å². The first-order valence-electron chi connectivity index (χ1n) is 7.00. The van der Waals surface area contributed by atoms with E-state index >= 15 is 0 Å². The van der Waals surface area contributed by atoms with Gasteiger partial charge in [-0.25, -0.2) is 4.79 Å². The van der Waals surface area contributed by atoms with E-state index in [1.807, 2.05) is 0 Å². The van der Waals surface area contributed by atoms with Crippen LogP contribution < -0.4 is 10.2 Å². The molecule has 114 valence electrons. The van der Waals surface area contributed by atoms with Crippen molar-refractivity contribution < 1.29 is 14.7 Å². The average Bonchev–Trinajstić information content (AvgIpc) is 2.53. The molecule has 0 aromatic heterocycles. The topological polar surface area (TPSA) is 69.6 Å². The molecule has 0 saturated carbocycles. The molecule has 6 heteroatoms. The average molecular weight is 308 g/mol. The van der Waals surface area contributed by atoms with Crippen LogP contribution in [0.4, 0.5) is 5.69 Å². The molecule has 21 heavy (non-hydrogen) atoms. The molecule has 1 amide bonds. The van der Waals surface area contributed by atoms with Gasteiger partial charge in [0.1, 0.15) is 0 Å².